The van der Waals surface area contributed by atoms with Crippen LogP contribution in [0.2, 0.25) is 0 Å². The van der Waals surface area contributed by atoms with Gasteiger partial charge in [0.25, 0.3) is 10.0 Å². The molecule has 0 spiro atoms. The van der Waals surface area contributed by atoms with E-state index in [0.717, 1.165) is 6.54 Å². The minimum Gasteiger partial charge on any atom is -0.447 e. The van der Waals surface area contributed by atoms with E-state index in [4.69, 9.17) is 4.42 Å². The highest BCUT2D eigenvalue weighted by Gasteiger charge is 2.18. The minimum atomic E-state index is -3.62. The molecule has 1 aromatic rings. The first-order valence-corrected chi connectivity index (χ1v) is 10.1. The lowest BCUT2D eigenvalue weighted by Crippen LogP contribution is -2.25. The van der Waals surface area contributed by atoms with Gasteiger partial charge in [-0.25, -0.2) is 13.1 Å². The topological polar surface area (TPSA) is 88.4 Å². The van der Waals surface area contributed by atoms with Gasteiger partial charge in [0.2, 0.25) is 5.09 Å². The predicted octanol–water partition coefficient (Wildman–Crippen LogP) is 1.07. The Morgan fingerprint density at radius 1 is 1.33 bits per heavy atom. The highest BCUT2D eigenvalue weighted by molar-refractivity contribution is 7.89. The minimum absolute atomic E-state index is 0.0820. The van der Waals surface area contributed by atoms with Gasteiger partial charge in [-0.2, -0.15) is 0 Å². The van der Waals surface area contributed by atoms with Crippen LogP contribution < -0.4 is 10.0 Å². The largest absolute Gasteiger partial charge is 0.447 e. The third-order valence-electron chi connectivity index (χ3n) is 2.65. The Morgan fingerprint density at radius 3 is 2.67 bits per heavy atom. The molecule has 1 atom stereocenters. The Kier molecular flexibility index (Phi) is 7.58. The maximum Gasteiger partial charge on any atom is 0.273 e. The van der Waals surface area contributed by atoms with Crippen LogP contribution in [-0.2, 0) is 27.4 Å². The molecular formula is C13H24N2O4S2. The van der Waals surface area contributed by atoms with Gasteiger partial charge < -0.3 is 9.73 Å². The van der Waals surface area contributed by atoms with E-state index in [2.05, 4.69) is 23.9 Å². The summed E-state index contributed by atoms with van der Waals surface area (Å²) < 4.78 is 42.6. The van der Waals surface area contributed by atoms with E-state index in [9.17, 15) is 12.6 Å². The van der Waals surface area contributed by atoms with E-state index in [-0.39, 0.29) is 11.6 Å². The molecule has 1 rings (SSSR count). The Labute approximate surface area is 129 Å². The Hall–Kier alpha value is -0.700. The summed E-state index contributed by atoms with van der Waals surface area (Å²) in [7, 11) is -4.53. The second-order valence-electron chi connectivity index (χ2n) is 5.27. The van der Waals surface area contributed by atoms with Gasteiger partial charge >= 0.3 is 0 Å². The summed E-state index contributed by atoms with van der Waals surface area (Å²) in [5, 5.41) is 3.11. The summed E-state index contributed by atoms with van der Waals surface area (Å²) in [4.78, 5) is 0. The van der Waals surface area contributed by atoms with Gasteiger partial charge in [-0.1, -0.05) is 13.8 Å². The van der Waals surface area contributed by atoms with Crippen molar-refractivity contribution in [1.82, 2.24) is 10.0 Å². The monoisotopic (exact) mass is 336 g/mol. The van der Waals surface area contributed by atoms with Crippen molar-refractivity contribution in [2.75, 3.05) is 25.1 Å². The van der Waals surface area contributed by atoms with E-state index >= 15 is 0 Å². The van der Waals surface area contributed by atoms with E-state index in [0.29, 0.717) is 30.4 Å². The molecule has 0 fully saturated rings. The van der Waals surface area contributed by atoms with Crippen LogP contribution in [0, 0.1) is 5.92 Å². The highest BCUT2D eigenvalue weighted by Crippen LogP contribution is 2.13. The fourth-order valence-electron chi connectivity index (χ4n) is 1.63. The molecule has 1 unspecified atom stereocenters. The van der Waals surface area contributed by atoms with Crippen molar-refractivity contribution in [3.63, 3.8) is 0 Å². The molecule has 0 saturated heterocycles. The SMILES string of the molecule is CC(C)CNCc1ccc(S(=O)(=O)NCCCS(C)=O)o1. The molecule has 1 aromatic heterocycles. The van der Waals surface area contributed by atoms with Gasteiger partial charge in [0, 0.05) is 29.4 Å². The predicted molar refractivity (Wildman–Crippen MR) is 84.0 cm³/mol. The summed E-state index contributed by atoms with van der Waals surface area (Å²) in [6.45, 7) is 5.79. The van der Waals surface area contributed by atoms with Gasteiger partial charge in [0.05, 0.1) is 6.54 Å². The molecule has 21 heavy (non-hydrogen) atoms. The number of furan rings is 1. The zero-order valence-electron chi connectivity index (χ0n) is 12.7. The van der Waals surface area contributed by atoms with Gasteiger partial charge in [0.15, 0.2) is 0 Å². The smallest absolute Gasteiger partial charge is 0.273 e. The average molecular weight is 336 g/mol. The highest BCUT2D eigenvalue weighted by atomic mass is 32.2. The van der Waals surface area contributed by atoms with E-state index in [1.807, 2.05) is 0 Å². The standard InChI is InChI=1S/C13H24N2O4S2/c1-11(2)9-14-10-12-5-6-13(19-12)21(17,18)15-7-4-8-20(3)16/h5-6,11,14-15H,4,7-10H2,1-3H3. The number of nitrogens with one attached hydrogen (secondary N) is 2. The van der Waals surface area contributed by atoms with Crippen LogP contribution in [0.15, 0.2) is 21.6 Å². The summed E-state index contributed by atoms with van der Waals surface area (Å²) >= 11 is 0. The lowest BCUT2D eigenvalue weighted by atomic mass is 10.2. The average Bonchev–Trinajstić information content (AvgIpc) is 2.83. The number of hydrogen-bond acceptors (Lipinski definition) is 5. The second-order valence-corrected chi connectivity index (χ2v) is 8.53. The molecule has 2 N–H and O–H groups in total. The quantitative estimate of drug-likeness (QED) is 0.624. The normalized spacial score (nSPS) is 13.7. The third kappa shape index (κ3) is 7.21. The lowest BCUT2D eigenvalue weighted by molar-refractivity contribution is 0.394. The number of rotatable bonds is 10. The fourth-order valence-corrected chi connectivity index (χ4v) is 3.20. The second kappa shape index (κ2) is 8.67. The van der Waals surface area contributed by atoms with Crippen LogP contribution in [0.1, 0.15) is 26.0 Å². The summed E-state index contributed by atoms with van der Waals surface area (Å²) in [5.74, 6) is 1.59. The Morgan fingerprint density at radius 2 is 2.05 bits per heavy atom. The summed E-state index contributed by atoms with van der Waals surface area (Å²) in [6, 6.07) is 3.11. The molecule has 0 aliphatic heterocycles. The van der Waals surface area contributed by atoms with Gasteiger partial charge in [-0.05, 0) is 31.0 Å². The molecule has 0 aliphatic carbocycles. The molecule has 0 radical (unpaired) electrons. The van der Waals surface area contributed by atoms with Crippen LogP contribution in [0.4, 0.5) is 0 Å². The zero-order chi connectivity index (χ0) is 15.9. The number of sulfonamides is 1. The zero-order valence-corrected chi connectivity index (χ0v) is 14.4. The van der Waals surface area contributed by atoms with Crippen molar-refractivity contribution >= 4 is 20.8 Å². The maximum atomic E-state index is 12.0. The first-order chi connectivity index (χ1) is 9.81. The van der Waals surface area contributed by atoms with E-state index in [1.165, 1.54) is 6.07 Å². The van der Waals surface area contributed by atoms with Gasteiger partial charge in [-0.15, -0.1) is 0 Å². The van der Waals surface area contributed by atoms with Crippen molar-refractivity contribution in [1.29, 1.82) is 0 Å². The maximum absolute atomic E-state index is 12.0. The van der Waals surface area contributed by atoms with Crippen LogP contribution >= 0.6 is 0 Å². The van der Waals surface area contributed by atoms with E-state index in [1.54, 1.807) is 12.3 Å². The Balaban J connectivity index is 2.48. The fraction of sp³-hybridized carbons (Fsp3) is 0.692. The molecule has 0 saturated carbocycles. The molecule has 122 valence electrons. The molecule has 0 aromatic carbocycles. The van der Waals surface area contributed by atoms with Gasteiger partial charge in [0.1, 0.15) is 5.76 Å². The molecule has 8 heteroatoms. The number of hydrogen-bond donors (Lipinski definition) is 2. The van der Waals surface area contributed by atoms with Crippen LogP contribution in [0.5, 0.6) is 0 Å². The summed E-state index contributed by atoms with van der Waals surface area (Å²) in [5.41, 5.74) is 0. The molecular weight excluding hydrogens is 312 g/mol. The first-order valence-electron chi connectivity index (χ1n) is 6.90. The van der Waals surface area contributed by atoms with Crippen LogP contribution in [-0.4, -0.2) is 37.7 Å². The molecule has 6 nitrogen and oxygen atoms in total. The van der Waals surface area contributed by atoms with Crippen molar-refractivity contribution in [2.24, 2.45) is 5.92 Å². The third-order valence-corrected chi connectivity index (χ3v) is 4.85. The Bertz CT molecular complexity index is 552. The van der Waals surface area contributed by atoms with Crippen molar-refractivity contribution < 1.29 is 17.0 Å². The van der Waals surface area contributed by atoms with Gasteiger partial charge in [-0.3, -0.25) is 4.21 Å². The van der Waals surface area contributed by atoms with Crippen molar-refractivity contribution in [2.45, 2.75) is 31.9 Å². The molecule has 0 bridgehead atoms. The lowest BCUT2D eigenvalue weighted by Gasteiger charge is -2.05. The van der Waals surface area contributed by atoms with Crippen LogP contribution in [0.3, 0.4) is 0 Å². The summed E-state index contributed by atoms with van der Waals surface area (Å²) in [6.07, 6.45) is 2.13. The molecule has 0 aliphatic rings. The molecule has 0 amide bonds. The van der Waals surface area contributed by atoms with E-state index < -0.39 is 20.8 Å². The van der Waals surface area contributed by atoms with Crippen molar-refractivity contribution in [3.05, 3.63) is 17.9 Å². The molecule has 1 heterocycles. The van der Waals surface area contributed by atoms with Crippen LogP contribution in [0.25, 0.3) is 0 Å². The van der Waals surface area contributed by atoms with Crippen molar-refractivity contribution in [3.8, 4) is 0 Å². The first kappa shape index (κ1) is 18.3.